The van der Waals surface area contributed by atoms with Crippen LogP contribution < -0.4 is 5.32 Å². The molecule has 0 aromatic heterocycles. The van der Waals surface area contributed by atoms with E-state index in [-0.39, 0.29) is 0 Å². The monoisotopic (exact) mass is 199 g/mol. The van der Waals surface area contributed by atoms with Crippen molar-refractivity contribution in [2.45, 2.75) is 12.8 Å². The van der Waals surface area contributed by atoms with Crippen LogP contribution in [0.1, 0.15) is 17.5 Å². The minimum absolute atomic E-state index is 0.790. The first-order chi connectivity index (χ1) is 7.43. The molecule has 1 fully saturated rings. The summed E-state index contributed by atoms with van der Waals surface area (Å²) >= 11 is 0. The summed E-state index contributed by atoms with van der Waals surface area (Å²) in [4.78, 5) is 0. The molecule has 15 heavy (non-hydrogen) atoms. The average Bonchev–Trinajstić information content (AvgIpc) is 2.48. The van der Waals surface area contributed by atoms with Crippen molar-refractivity contribution in [3.8, 4) is 0 Å². The van der Waals surface area contributed by atoms with Crippen LogP contribution in [0, 0.1) is 11.8 Å². The molecule has 1 aromatic carbocycles. The molecule has 1 heteroatoms. The highest BCUT2D eigenvalue weighted by atomic mass is 14.9. The van der Waals surface area contributed by atoms with Gasteiger partial charge in [-0.05, 0) is 48.9 Å². The fourth-order valence-electron chi connectivity index (χ4n) is 2.81. The second-order valence-corrected chi connectivity index (χ2v) is 4.68. The van der Waals surface area contributed by atoms with Crippen LogP contribution in [-0.4, -0.2) is 13.1 Å². The lowest BCUT2D eigenvalue weighted by atomic mass is 9.83. The van der Waals surface area contributed by atoms with Crippen LogP contribution in [0.3, 0.4) is 0 Å². The zero-order chi connectivity index (χ0) is 10.1. The van der Waals surface area contributed by atoms with Gasteiger partial charge >= 0.3 is 0 Å². The number of rotatable bonds is 0. The lowest BCUT2D eigenvalue weighted by molar-refractivity contribution is 0.303. The largest absolute Gasteiger partial charge is 0.316 e. The third-order valence-electron chi connectivity index (χ3n) is 3.73. The molecule has 2 atom stereocenters. The van der Waals surface area contributed by atoms with Crippen molar-refractivity contribution in [1.29, 1.82) is 0 Å². The van der Waals surface area contributed by atoms with Crippen LogP contribution >= 0.6 is 0 Å². The zero-order valence-corrected chi connectivity index (χ0v) is 8.95. The summed E-state index contributed by atoms with van der Waals surface area (Å²) in [7, 11) is 0. The summed E-state index contributed by atoms with van der Waals surface area (Å²) in [6, 6.07) is 8.80. The SMILES string of the molecule is C1=CC2CCNCC2Cc2ccccc21. The van der Waals surface area contributed by atoms with Crippen molar-refractivity contribution in [3.05, 3.63) is 41.5 Å². The Morgan fingerprint density at radius 3 is 3.13 bits per heavy atom. The maximum Gasteiger partial charge on any atom is -0.00117 e. The summed E-state index contributed by atoms with van der Waals surface area (Å²) in [5.41, 5.74) is 2.94. The van der Waals surface area contributed by atoms with Crippen LogP contribution in [0.2, 0.25) is 0 Å². The van der Waals surface area contributed by atoms with Gasteiger partial charge in [0.2, 0.25) is 0 Å². The Bertz CT molecular complexity index is 381. The van der Waals surface area contributed by atoms with Gasteiger partial charge in [-0.25, -0.2) is 0 Å². The highest BCUT2D eigenvalue weighted by Crippen LogP contribution is 2.29. The minimum Gasteiger partial charge on any atom is -0.316 e. The molecular weight excluding hydrogens is 182 g/mol. The van der Waals surface area contributed by atoms with Crippen molar-refractivity contribution in [2.75, 3.05) is 13.1 Å². The van der Waals surface area contributed by atoms with E-state index >= 15 is 0 Å². The van der Waals surface area contributed by atoms with Crippen LogP contribution in [0.5, 0.6) is 0 Å². The molecular formula is C14H17N. The van der Waals surface area contributed by atoms with Crippen molar-refractivity contribution < 1.29 is 0 Å². The summed E-state index contributed by atoms with van der Waals surface area (Å²) in [6.07, 6.45) is 7.29. The molecule has 1 saturated heterocycles. The Morgan fingerprint density at radius 1 is 1.20 bits per heavy atom. The molecule has 1 aliphatic carbocycles. The molecule has 0 spiro atoms. The molecule has 1 N–H and O–H groups in total. The number of hydrogen-bond acceptors (Lipinski definition) is 1. The van der Waals surface area contributed by atoms with Gasteiger partial charge in [0.15, 0.2) is 0 Å². The van der Waals surface area contributed by atoms with Crippen molar-refractivity contribution in [2.24, 2.45) is 11.8 Å². The van der Waals surface area contributed by atoms with Gasteiger partial charge < -0.3 is 5.32 Å². The lowest BCUT2D eigenvalue weighted by Gasteiger charge is -2.29. The summed E-state index contributed by atoms with van der Waals surface area (Å²) in [5, 5.41) is 3.51. The molecule has 1 heterocycles. The molecule has 0 saturated carbocycles. The van der Waals surface area contributed by atoms with Crippen molar-refractivity contribution in [1.82, 2.24) is 5.32 Å². The Labute approximate surface area is 91.2 Å². The quantitative estimate of drug-likeness (QED) is 0.677. The van der Waals surface area contributed by atoms with E-state index in [4.69, 9.17) is 0 Å². The normalized spacial score (nSPS) is 29.1. The fraction of sp³-hybridized carbons (Fsp3) is 0.429. The van der Waals surface area contributed by atoms with Crippen LogP contribution in [0.4, 0.5) is 0 Å². The molecule has 2 aliphatic rings. The zero-order valence-electron chi connectivity index (χ0n) is 8.95. The van der Waals surface area contributed by atoms with E-state index in [9.17, 15) is 0 Å². The van der Waals surface area contributed by atoms with Gasteiger partial charge in [-0.3, -0.25) is 0 Å². The predicted octanol–water partition coefficient (Wildman–Crippen LogP) is 2.48. The summed E-state index contributed by atoms with van der Waals surface area (Å²) < 4.78 is 0. The smallest absolute Gasteiger partial charge is 0.00117 e. The first-order valence-electron chi connectivity index (χ1n) is 5.90. The second-order valence-electron chi connectivity index (χ2n) is 4.68. The first kappa shape index (κ1) is 9.17. The summed E-state index contributed by atoms with van der Waals surface area (Å²) in [5.74, 6) is 1.59. The first-order valence-corrected chi connectivity index (χ1v) is 5.90. The number of fused-ring (bicyclic) bond motifs is 2. The molecule has 3 rings (SSSR count). The van der Waals surface area contributed by atoms with Gasteiger partial charge in [0.25, 0.3) is 0 Å². The highest BCUT2D eigenvalue weighted by Gasteiger charge is 2.25. The van der Waals surface area contributed by atoms with Gasteiger partial charge in [0.05, 0.1) is 0 Å². The van der Waals surface area contributed by atoms with Gasteiger partial charge in [-0.15, -0.1) is 0 Å². The molecule has 2 unspecified atom stereocenters. The van der Waals surface area contributed by atoms with Crippen LogP contribution in [-0.2, 0) is 6.42 Å². The third kappa shape index (κ3) is 1.72. The van der Waals surface area contributed by atoms with E-state index in [1.54, 1.807) is 0 Å². The average molecular weight is 199 g/mol. The van der Waals surface area contributed by atoms with E-state index < -0.39 is 0 Å². The van der Waals surface area contributed by atoms with Crippen molar-refractivity contribution >= 4 is 6.08 Å². The Balaban J connectivity index is 1.95. The second kappa shape index (κ2) is 3.82. The number of piperidine rings is 1. The molecule has 1 nitrogen and oxygen atoms in total. The number of benzene rings is 1. The highest BCUT2D eigenvalue weighted by molar-refractivity contribution is 5.55. The standard InChI is InChI=1S/C14H17N/c1-2-4-13-9-14-10-15-8-7-12(14)6-5-11(13)3-1/h1-6,12,14-15H,7-10H2. The minimum atomic E-state index is 0.790. The topological polar surface area (TPSA) is 12.0 Å². The van der Waals surface area contributed by atoms with E-state index in [0.29, 0.717) is 0 Å². The van der Waals surface area contributed by atoms with Gasteiger partial charge in [-0.1, -0.05) is 36.4 Å². The summed E-state index contributed by atoms with van der Waals surface area (Å²) in [6.45, 7) is 2.37. The molecule has 0 amide bonds. The maximum atomic E-state index is 3.51. The fourth-order valence-corrected chi connectivity index (χ4v) is 2.81. The predicted molar refractivity (Wildman–Crippen MR) is 63.6 cm³/mol. The third-order valence-corrected chi connectivity index (χ3v) is 3.73. The Morgan fingerprint density at radius 2 is 2.13 bits per heavy atom. The maximum absolute atomic E-state index is 3.51. The molecule has 0 bridgehead atoms. The number of nitrogens with one attached hydrogen (secondary N) is 1. The van der Waals surface area contributed by atoms with Gasteiger partial charge in [-0.2, -0.15) is 0 Å². The lowest BCUT2D eigenvalue weighted by Crippen LogP contribution is -2.36. The molecule has 1 aliphatic heterocycles. The molecule has 78 valence electrons. The van der Waals surface area contributed by atoms with E-state index in [1.807, 2.05) is 0 Å². The molecule has 0 radical (unpaired) electrons. The Kier molecular flexibility index (Phi) is 2.34. The van der Waals surface area contributed by atoms with E-state index in [1.165, 1.54) is 37.1 Å². The van der Waals surface area contributed by atoms with Crippen LogP contribution in [0.15, 0.2) is 30.3 Å². The van der Waals surface area contributed by atoms with E-state index in [0.717, 1.165) is 11.8 Å². The van der Waals surface area contributed by atoms with Crippen molar-refractivity contribution in [3.63, 3.8) is 0 Å². The van der Waals surface area contributed by atoms with Crippen LogP contribution in [0.25, 0.3) is 6.08 Å². The van der Waals surface area contributed by atoms with Gasteiger partial charge in [0, 0.05) is 0 Å². The number of allylic oxidation sites excluding steroid dienone is 1. The Hall–Kier alpha value is -1.08. The van der Waals surface area contributed by atoms with Gasteiger partial charge in [0.1, 0.15) is 0 Å². The number of hydrogen-bond donors (Lipinski definition) is 1. The molecule has 1 aromatic rings. The van der Waals surface area contributed by atoms with E-state index in [2.05, 4.69) is 41.7 Å².